The van der Waals surface area contributed by atoms with Gasteiger partial charge in [0.2, 0.25) is 0 Å². The van der Waals surface area contributed by atoms with E-state index in [0.717, 1.165) is 33.3 Å². The van der Waals surface area contributed by atoms with Crippen LogP contribution in [0.2, 0.25) is 0 Å². The van der Waals surface area contributed by atoms with Gasteiger partial charge in [0.05, 0.1) is 11.0 Å². The summed E-state index contributed by atoms with van der Waals surface area (Å²) >= 11 is 3.47. The van der Waals surface area contributed by atoms with Gasteiger partial charge in [-0.2, -0.15) is 0 Å². The maximum absolute atomic E-state index is 13.6. The summed E-state index contributed by atoms with van der Waals surface area (Å²) < 4.78 is 16.7. The van der Waals surface area contributed by atoms with Crippen molar-refractivity contribution in [3.63, 3.8) is 0 Å². The highest BCUT2D eigenvalue weighted by molar-refractivity contribution is 9.10. The number of halogens is 2. The molecule has 0 aliphatic rings. The molecule has 0 radical (unpaired) electrons. The molecule has 0 aliphatic heterocycles. The highest BCUT2D eigenvalue weighted by atomic mass is 79.9. The summed E-state index contributed by atoms with van der Waals surface area (Å²) in [6.07, 6.45) is 1.38. The van der Waals surface area contributed by atoms with E-state index in [0.29, 0.717) is 6.42 Å². The van der Waals surface area contributed by atoms with E-state index in [-0.39, 0.29) is 5.82 Å². The third kappa shape index (κ3) is 2.48. The predicted octanol–water partition coefficient (Wildman–Crippen LogP) is 4.26. The fourth-order valence-corrected chi connectivity index (χ4v) is 2.73. The highest BCUT2D eigenvalue weighted by Crippen LogP contribution is 2.21. The second kappa shape index (κ2) is 5.37. The summed E-state index contributed by atoms with van der Waals surface area (Å²) in [5, 5.41) is 0. The van der Waals surface area contributed by atoms with Gasteiger partial charge in [-0.1, -0.05) is 34.1 Å². The lowest BCUT2D eigenvalue weighted by molar-refractivity contribution is 0.606. The zero-order valence-electron chi connectivity index (χ0n) is 11.1. The number of nitrogens with zero attached hydrogens (tertiary/aromatic N) is 2. The third-order valence-corrected chi connectivity index (χ3v) is 4.00. The maximum Gasteiger partial charge on any atom is 0.126 e. The Morgan fingerprint density at radius 2 is 1.95 bits per heavy atom. The molecule has 0 bridgehead atoms. The number of fused-ring (bicyclic) bond motifs is 1. The van der Waals surface area contributed by atoms with Crippen molar-refractivity contribution in [1.29, 1.82) is 0 Å². The minimum Gasteiger partial charge on any atom is -0.331 e. The number of hydrogen-bond acceptors (Lipinski definition) is 1. The zero-order valence-corrected chi connectivity index (χ0v) is 12.7. The summed E-state index contributed by atoms with van der Waals surface area (Å²) in [5.41, 5.74) is 2.79. The van der Waals surface area contributed by atoms with Gasteiger partial charge >= 0.3 is 0 Å². The fraction of sp³-hybridized carbons (Fsp3) is 0.188. The van der Waals surface area contributed by atoms with Crippen LogP contribution in [0.3, 0.4) is 0 Å². The van der Waals surface area contributed by atoms with Crippen molar-refractivity contribution in [2.75, 3.05) is 0 Å². The molecule has 2 aromatic carbocycles. The number of rotatable bonds is 3. The van der Waals surface area contributed by atoms with Gasteiger partial charge in [-0.3, -0.25) is 0 Å². The van der Waals surface area contributed by atoms with Gasteiger partial charge in [-0.25, -0.2) is 9.37 Å². The Balaban J connectivity index is 1.88. The lowest BCUT2D eigenvalue weighted by Crippen LogP contribution is -2.01. The van der Waals surface area contributed by atoms with Crippen molar-refractivity contribution in [2.45, 2.75) is 12.8 Å². The molecule has 3 rings (SSSR count). The van der Waals surface area contributed by atoms with E-state index < -0.39 is 0 Å². The van der Waals surface area contributed by atoms with Crippen LogP contribution in [0.4, 0.5) is 4.39 Å². The quantitative estimate of drug-likeness (QED) is 0.700. The van der Waals surface area contributed by atoms with Crippen LogP contribution in [-0.4, -0.2) is 9.55 Å². The molecule has 20 heavy (non-hydrogen) atoms. The van der Waals surface area contributed by atoms with E-state index in [1.165, 1.54) is 6.07 Å². The van der Waals surface area contributed by atoms with Crippen molar-refractivity contribution >= 4 is 27.0 Å². The van der Waals surface area contributed by atoms with Crippen molar-refractivity contribution < 1.29 is 4.39 Å². The lowest BCUT2D eigenvalue weighted by atomic mass is 10.1. The number of aryl methyl sites for hydroxylation is 3. The molecule has 0 unspecified atom stereocenters. The van der Waals surface area contributed by atoms with Crippen LogP contribution >= 0.6 is 15.9 Å². The third-order valence-electron chi connectivity index (χ3n) is 3.51. The largest absolute Gasteiger partial charge is 0.331 e. The van der Waals surface area contributed by atoms with Gasteiger partial charge < -0.3 is 4.57 Å². The first-order chi connectivity index (χ1) is 9.65. The normalized spacial score (nSPS) is 11.2. The number of hydrogen-bond donors (Lipinski definition) is 0. The summed E-state index contributed by atoms with van der Waals surface area (Å²) in [5.74, 6) is 0.829. The maximum atomic E-state index is 13.6. The molecule has 0 spiro atoms. The van der Waals surface area contributed by atoms with Crippen molar-refractivity contribution in [3.05, 3.63) is 64.1 Å². The molecule has 2 nitrogen and oxygen atoms in total. The van der Waals surface area contributed by atoms with Gasteiger partial charge in [-0.15, -0.1) is 0 Å². The van der Waals surface area contributed by atoms with E-state index in [9.17, 15) is 4.39 Å². The molecule has 0 amide bonds. The highest BCUT2D eigenvalue weighted by Gasteiger charge is 2.09. The number of imidazole rings is 1. The summed E-state index contributed by atoms with van der Waals surface area (Å²) in [7, 11) is 2.00. The van der Waals surface area contributed by atoms with Gasteiger partial charge in [0.25, 0.3) is 0 Å². The first kappa shape index (κ1) is 13.3. The Hall–Kier alpha value is -1.68. The Morgan fingerprint density at radius 1 is 1.15 bits per heavy atom. The molecule has 1 heterocycles. The standard InChI is InChI=1S/C16H14BrFN2/c1-20-15-10-12(17)7-8-14(15)19-16(20)9-6-11-4-2-3-5-13(11)18/h2-5,7-8,10H,6,9H2,1H3. The first-order valence-electron chi connectivity index (χ1n) is 6.49. The second-order valence-corrected chi connectivity index (χ2v) is 5.73. The molecule has 0 aliphatic carbocycles. The summed E-state index contributed by atoms with van der Waals surface area (Å²) in [4.78, 5) is 4.62. The monoisotopic (exact) mass is 332 g/mol. The van der Waals surface area contributed by atoms with Gasteiger partial charge in [0, 0.05) is 17.9 Å². The van der Waals surface area contributed by atoms with Crippen LogP contribution in [0, 0.1) is 5.82 Å². The number of aromatic nitrogens is 2. The molecule has 102 valence electrons. The van der Waals surface area contributed by atoms with Crippen LogP contribution in [0.15, 0.2) is 46.9 Å². The smallest absolute Gasteiger partial charge is 0.126 e. The molecular formula is C16H14BrFN2. The van der Waals surface area contributed by atoms with Gasteiger partial charge in [-0.05, 0) is 36.2 Å². The molecule has 0 saturated heterocycles. The van der Waals surface area contributed by atoms with Crippen LogP contribution in [0.1, 0.15) is 11.4 Å². The zero-order chi connectivity index (χ0) is 14.1. The Labute approximate surface area is 125 Å². The Kier molecular flexibility index (Phi) is 3.57. The average Bonchev–Trinajstić information content (AvgIpc) is 2.75. The van der Waals surface area contributed by atoms with Crippen LogP contribution in [0.25, 0.3) is 11.0 Å². The van der Waals surface area contributed by atoms with E-state index in [4.69, 9.17) is 0 Å². The Morgan fingerprint density at radius 3 is 2.75 bits per heavy atom. The summed E-state index contributed by atoms with van der Waals surface area (Å²) in [6.45, 7) is 0. The van der Waals surface area contributed by atoms with Crippen molar-refractivity contribution in [2.24, 2.45) is 7.05 Å². The minimum absolute atomic E-state index is 0.144. The van der Waals surface area contributed by atoms with Crippen molar-refractivity contribution in [1.82, 2.24) is 9.55 Å². The predicted molar refractivity (Wildman–Crippen MR) is 82.2 cm³/mol. The molecule has 1 aromatic heterocycles. The average molecular weight is 333 g/mol. The van der Waals surface area contributed by atoms with Crippen LogP contribution < -0.4 is 0 Å². The van der Waals surface area contributed by atoms with Crippen LogP contribution in [-0.2, 0) is 19.9 Å². The van der Waals surface area contributed by atoms with E-state index >= 15 is 0 Å². The second-order valence-electron chi connectivity index (χ2n) is 4.81. The minimum atomic E-state index is -0.144. The molecule has 0 N–H and O–H groups in total. The SMILES string of the molecule is Cn1c(CCc2ccccc2F)nc2ccc(Br)cc21. The van der Waals surface area contributed by atoms with Crippen molar-refractivity contribution in [3.8, 4) is 0 Å². The molecule has 3 aromatic rings. The molecule has 0 atom stereocenters. The van der Waals surface area contributed by atoms with Gasteiger partial charge in [0.1, 0.15) is 11.6 Å². The van der Waals surface area contributed by atoms with Gasteiger partial charge in [0.15, 0.2) is 0 Å². The molecule has 4 heteroatoms. The number of benzene rings is 2. The Bertz CT molecular complexity index is 764. The van der Waals surface area contributed by atoms with E-state index in [1.54, 1.807) is 6.07 Å². The summed E-state index contributed by atoms with van der Waals surface area (Å²) in [6, 6.07) is 12.9. The topological polar surface area (TPSA) is 17.8 Å². The van der Waals surface area contributed by atoms with E-state index in [1.807, 2.05) is 31.3 Å². The van der Waals surface area contributed by atoms with Crippen LogP contribution in [0.5, 0.6) is 0 Å². The first-order valence-corrected chi connectivity index (χ1v) is 7.29. The molecule has 0 saturated carbocycles. The molecular weight excluding hydrogens is 319 g/mol. The molecule has 0 fully saturated rings. The fourth-order valence-electron chi connectivity index (χ4n) is 2.38. The lowest BCUT2D eigenvalue weighted by Gasteiger charge is -2.04. The van der Waals surface area contributed by atoms with E-state index in [2.05, 4.69) is 31.5 Å².